The Balaban J connectivity index is 1.49. The molecule has 0 radical (unpaired) electrons. The summed E-state index contributed by atoms with van der Waals surface area (Å²) in [6.07, 6.45) is 1.74. The van der Waals surface area contributed by atoms with E-state index in [1.807, 2.05) is 32.0 Å². The van der Waals surface area contributed by atoms with Crippen LogP contribution in [0.5, 0.6) is 0 Å². The predicted octanol–water partition coefficient (Wildman–Crippen LogP) is 3.70. The molecule has 1 saturated heterocycles. The molecule has 1 aliphatic heterocycles. The van der Waals surface area contributed by atoms with Crippen molar-refractivity contribution in [3.05, 3.63) is 64.6 Å². The number of sulfonamides is 1. The zero-order valence-corrected chi connectivity index (χ0v) is 19.8. The van der Waals surface area contributed by atoms with Crippen LogP contribution in [0.4, 0.5) is 17.5 Å². The predicted molar refractivity (Wildman–Crippen MR) is 126 cm³/mol. The van der Waals surface area contributed by atoms with Crippen molar-refractivity contribution in [1.29, 1.82) is 0 Å². The average Bonchev–Trinajstić information content (AvgIpc) is 2.75. The third-order valence-corrected chi connectivity index (χ3v) is 7.85. The quantitative estimate of drug-likeness (QED) is 0.605. The van der Waals surface area contributed by atoms with Crippen LogP contribution in [0.25, 0.3) is 0 Å². The number of halogens is 1. The first kappa shape index (κ1) is 22.4. The molecule has 3 heterocycles. The average molecular weight is 473 g/mol. The van der Waals surface area contributed by atoms with E-state index in [4.69, 9.17) is 11.6 Å². The first-order valence-electron chi connectivity index (χ1n) is 10.3. The second-order valence-electron chi connectivity index (χ2n) is 7.76. The van der Waals surface area contributed by atoms with E-state index in [1.54, 1.807) is 31.3 Å². The molecule has 32 heavy (non-hydrogen) atoms. The van der Waals surface area contributed by atoms with Crippen LogP contribution in [0, 0.1) is 20.8 Å². The van der Waals surface area contributed by atoms with Crippen molar-refractivity contribution in [2.45, 2.75) is 25.7 Å². The summed E-state index contributed by atoms with van der Waals surface area (Å²) in [5.74, 6) is 2.74. The summed E-state index contributed by atoms with van der Waals surface area (Å²) in [6, 6.07) is 10.7. The lowest BCUT2D eigenvalue weighted by molar-refractivity contribution is 0.383. The molecule has 0 spiro atoms. The number of anilines is 3. The van der Waals surface area contributed by atoms with E-state index >= 15 is 0 Å². The monoisotopic (exact) mass is 472 g/mol. The zero-order chi connectivity index (χ0) is 22.9. The third kappa shape index (κ3) is 4.69. The van der Waals surface area contributed by atoms with Gasteiger partial charge in [0.2, 0.25) is 10.0 Å². The van der Waals surface area contributed by atoms with Gasteiger partial charge in [-0.3, -0.25) is 0 Å². The highest BCUT2D eigenvalue weighted by Gasteiger charge is 2.30. The van der Waals surface area contributed by atoms with Gasteiger partial charge in [0, 0.05) is 43.5 Å². The SMILES string of the molecule is Cc1ccnc(Nc2cc(N3CCN(S(=O)(=O)c4cccc(Cl)c4C)CC3)nc(C)n2)c1. The Hall–Kier alpha value is -2.75. The minimum atomic E-state index is -3.61. The molecule has 1 aliphatic rings. The molecule has 1 N–H and O–H groups in total. The van der Waals surface area contributed by atoms with Crippen molar-refractivity contribution in [1.82, 2.24) is 19.3 Å². The van der Waals surface area contributed by atoms with Crippen molar-refractivity contribution in [2.24, 2.45) is 0 Å². The fourth-order valence-corrected chi connectivity index (χ4v) is 5.58. The Kier molecular flexibility index (Phi) is 6.32. The largest absolute Gasteiger partial charge is 0.354 e. The summed E-state index contributed by atoms with van der Waals surface area (Å²) in [5, 5.41) is 3.67. The van der Waals surface area contributed by atoms with E-state index in [0.717, 1.165) is 11.4 Å². The van der Waals surface area contributed by atoms with E-state index in [0.29, 0.717) is 54.2 Å². The number of aryl methyl sites for hydroxylation is 2. The Morgan fingerprint density at radius 1 is 0.969 bits per heavy atom. The van der Waals surface area contributed by atoms with Gasteiger partial charge in [-0.15, -0.1) is 0 Å². The fraction of sp³-hybridized carbons (Fsp3) is 0.318. The number of aromatic nitrogens is 3. The second-order valence-corrected chi connectivity index (χ2v) is 10.1. The van der Waals surface area contributed by atoms with Gasteiger partial charge < -0.3 is 10.2 Å². The molecule has 0 aliphatic carbocycles. The maximum Gasteiger partial charge on any atom is 0.243 e. The zero-order valence-electron chi connectivity index (χ0n) is 18.2. The Morgan fingerprint density at radius 2 is 1.72 bits per heavy atom. The van der Waals surface area contributed by atoms with E-state index in [1.165, 1.54) is 4.31 Å². The topological polar surface area (TPSA) is 91.3 Å². The molecule has 3 aromatic rings. The molecule has 2 aromatic heterocycles. The number of hydrogen-bond donors (Lipinski definition) is 1. The third-order valence-electron chi connectivity index (χ3n) is 5.39. The maximum atomic E-state index is 13.1. The summed E-state index contributed by atoms with van der Waals surface area (Å²) in [5.41, 5.74) is 1.67. The fourth-order valence-electron chi connectivity index (χ4n) is 3.68. The van der Waals surface area contributed by atoms with Gasteiger partial charge in [-0.2, -0.15) is 4.31 Å². The molecule has 10 heteroatoms. The van der Waals surface area contributed by atoms with E-state index in [-0.39, 0.29) is 4.90 Å². The minimum Gasteiger partial charge on any atom is -0.354 e. The number of hydrogen-bond acceptors (Lipinski definition) is 7. The highest BCUT2D eigenvalue weighted by molar-refractivity contribution is 7.89. The van der Waals surface area contributed by atoms with Gasteiger partial charge in [0.1, 0.15) is 23.3 Å². The number of nitrogens with zero attached hydrogens (tertiary/aromatic N) is 5. The normalized spacial score (nSPS) is 15.1. The van der Waals surface area contributed by atoms with Crippen LogP contribution in [0.15, 0.2) is 47.5 Å². The van der Waals surface area contributed by atoms with Crippen molar-refractivity contribution in [3.63, 3.8) is 0 Å². The summed E-state index contributed by atoms with van der Waals surface area (Å²) >= 11 is 6.14. The standard InChI is InChI=1S/C22H25ClN6O2S/c1-15-7-8-24-20(13-15)27-21-14-22(26-17(3)25-21)28-9-11-29(12-10-28)32(30,31)19-6-4-5-18(23)16(19)2/h4-8,13-14H,9-12H2,1-3H3,(H,24,25,26,27). The summed E-state index contributed by atoms with van der Waals surface area (Å²) in [7, 11) is -3.61. The molecule has 1 aromatic carbocycles. The van der Waals surface area contributed by atoms with E-state index < -0.39 is 10.0 Å². The Morgan fingerprint density at radius 3 is 2.44 bits per heavy atom. The minimum absolute atomic E-state index is 0.258. The molecule has 168 valence electrons. The van der Waals surface area contributed by atoms with Crippen LogP contribution in [-0.4, -0.2) is 53.9 Å². The van der Waals surface area contributed by atoms with Gasteiger partial charge in [-0.05, 0) is 56.2 Å². The van der Waals surface area contributed by atoms with Gasteiger partial charge in [0.05, 0.1) is 4.90 Å². The molecule has 0 saturated carbocycles. The molecule has 4 rings (SSSR count). The van der Waals surface area contributed by atoms with Gasteiger partial charge >= 0.3 is 0 Å². The summed E-state index contributed by atoms with van der Waals surface area (Å²) in [6.45, 7) is 7.34. The molecular weight excluding hydrogens is 448 g/mol. The number of benzene rings is 1. The van der Waals surface area contributed by atoms with E-state index in [2.05, 4.69) is 25.2 Å². The maximum absolute atomic E-state index is 13.1. The van der Waals surface area contributed by atoms with Crippen LogP contribution in [0.3, 0.4) is 0 Å². The highest BCUT2D eigenvalue weighted by atomic mass is 35.5. The van der Waals surface area contributed by atoms with E-state index in [9.17, 15) is 8.42 Å². The van der Waals surface area contributed by atoms with Crippen LogP contribution < -0.4 is 10.2 Å². The van der Waals surface area contributed by atoms with Crippen molar-refractivity contribution in [3.8, 4) is 0 Å². The van der Waals surface area contributed by atoms with Crippen molar-refractivity contribution >= 4 is 39.1 Å². The van der Waals surface area contributed by atoms with Crippen LogP contribution in [-0.2, 0) is 10.0 Å². The highest BCUT2D eigenvalue weighted by Crippen LogP contribution is 2.27. The van der Waals surface area contributed by atoms with Gasteiger partial charge in [0.15, 0.2) is 0 Å². The lowest BCUT2D eigenvalue weighted by Gasteiger charge is -2.35. The van der Waals surface area contributed by atoms with Gasteiger partial charge in [-0.1, -0.05) is 17.7 Å². The molecule has 0 unspecified atom stereocenters. The second kappa shape index (κ2) is 9.01. The molecule has 0 atom stereocenters. The molecular formula is C22H25ClN6O2S. The Bertz CT molecular complexity index is 1240. The lowest BCUT2D eigenvalue weighted by atomic mass is 10.2. The molecule has 8 nitrogen and oxygen atoms in total. The lowest BCUT2D eigenvalue weighted by Crippen LogP contribution is -2.49. The van der Waals surface area contributed by atoms with Crippen LogP contribution in [0.1, 0.15) is 17.0 Å². The molecule has 1 fully saturated rings. The van der Waals surface area contributed by atoms with Gasteiger partial charge in [0.25, 0.3) is 0 Å². The van der Waals surface area contributed by atoms with Crippen LogP contribution in [0.2, 0.25) is 5.02 Å². The molecule has 0 amide bonds. The number of piperazine rings is 1. The number of rotatable bonds is 5. The van der Waals surface area contributed by atoms with Crippen LogP contribution >= 0.6 is 11.6 Å². The smallest absolute Gasteiger partial charge is 0.243 e. The number of pyridine rings is 1. The summed E-state index contributed by atoms with van der Waals surface area (Å²) < 4.78 is 27.8. The first-order chi connectivity index (χ1) is 15.2. The first-order valence-corrected chi connectivity index (χ1v) is 12.1. The number of nitrogens with one attached hydrogen (secondary N) is 1. The van der Waals surface area contributed by atoms with Crippen molar-refractivity contribution in [2.75, 3.05) is 36.4 Å². The van der Waals surface area contributed by atoms with Gasteiger partial charge in [-0.25, -0.2) is 23.4 Å². The van der Waals surface area contributed by atoms with Crippen molar-refractivity contribution < 1.29 is 8.42 Å². The molecule has 0 bridgehead atoms. The Labute approximate surface area is 193 Å². The summed E-state index contributed by atoms with van der Waals surface area (Å²) in [4.78, 5) is 15.7.